The lowest BCUT2D eigenvalue weighted by molar-refractivity contribution is -0.128. The van der Waals surface area contributed by atoms with E-state index in [1.54, 1.807) is 0 Å². The molecule has 1 heterocycles. The van der Waals surface area contributed by atoms with Crippen molar-refractivity contribution in [3.63, 3.8) is 0 Å². The van der Waals surface area contributed by atoms with Gasteiger partial charge in [0.15, 0.2) is 5.69 Å². The van der Waals surface area contributed by atoms with E-state index in [4.69, 9.17) is 0 Å². The lowest BCUT2D eigenvalue weighted by Gasteiger charge is -2.20. The molecule has 2 amide bonds. The maximum Gasteiger partial charge on any atom is 0.283 e. The van der Waals surface area contributed by atoms with Crippen molar-refractivity contribution in [2.75, 3.05) is 6.54 Å². The molecule has 1 aliphatic rings. The first-order valence-corrected chi connectivity index (χ1v) is 9.48. The number of hydrogen-bond acceptors (Lipinski definition) is 4. The number of nitrogens with one attached hydrogen (secondary N) is 2. The van der Waals surface area contributed by atoms with E-state index in [0.717, 1.165) is 35.7 Å². The van der Waals surface area contributed by atoms with Crippen molar-refractivity contribution in [3.8, 4) is 5.88 Å². The summed E-state index contributed by atoms with van der Waals surface area (Å²) in [6.07, 6.45) is 5.03. The van der Waals surface area contributed by atoms with E-state index >= 15 is 0 Å². The van der Waals surface area contributed by atoms with Crippen LogP contribution in [0.3, 0.4) is 0 Å². The van der Waals surface area contributed by atoms with Gasteiger partial charge in [-0.1, -0.05) is 35.2 Å². The molecular formula is C18H21BrN4O3. The Kier molecular flexibility index (Phi) is 5.70. The minimum Gasteiger partial charge on any atom is -0.493 e. The third-order valence-electron chi connectivity index (χ3n) is 4.68. The van der Waals surface area contributed by atoms with Crippen LogP contribution in [0.2, 0.25) is 0 Å². The van der Waals surface area contributed by atoms with Gasteiger partial charge in [-0.3, -0.25) is 9.59 Å². The highest BCUT2D eigenvalue weighted by molar-refractivity contribution is 9.10. The zero-order chi connectivity index (χ0) is 18.7. The molecule has 3 rings (SSSR count). The molecule has 0 atom stereocenters. The quantitative estimate of drug-likeness (QED) is 0.643. The predicted molar refractivity (Wildman–Crippen MR) is 102 cm³/mol. The van der Waals surface area contributed by atoms with Crippen molar-refractivity contribution in [1.82, 2.24) is 10.3 Å². The number of fused-ring (bicyclic) bond motifs is 1. The Morgan fingerprint density at radius 1 is 1.31 bits per heavy atom. The first-order chi connectivity index (χ1) is 12.5. The highest BCUT2D eigenvalue weighted by Crippen LogP contribution is 2.37. The Balaban J connectivity index is 1.65. The average Bonchev–Trinajstić information content (AvgIpc) is 2.93. The maximum absolute atomic E-state index is 12.0. The molecule has 8 heteroatoms. The molecule has 0 spiro atoms. The number of aromatic amines is 1. The summed E-state index contributed by atoms with van der Waals surface area (Å²) in [5, 5.41) is 20.8. The summed E-state index contributed by atoms with van der Waals surface area (Å²) in [5.41, 5.74) is 1.87. The van der Waals surface area contributed by atoms with Crippen LogP contribution in [-0.4, -0.2) is 28.4 Å². The Morgan fingerprint density at radius 3 is 2.77 bits per heavy atom. The molecule has 0 saturated heterocycles. The normalized spacial score (nSPS) is 15.6. The van der Waals surface area contributed by atoms with E-state index in [9.17, 15) is 14.7 Å². The Hall–Kier alpha value is -2.22. The average molecular weight is 421 g/mol. The van der Waals surface area contributed by atoms with E-state index in [1.165, 1.54) is 6.42 Å². The summed E-state index contributed by atoms with van der Waals surface area (Å²) in [6.45, 7) is 1.73. The van der Waals surface area contributed by atoms with Gasteiger partial charge < -0.3 is 15.4 Å². The number of benzene rings is 1. The van der Waals surface area contributed by atoms with Gasteiger partial charge in [0.25, 0.3) is 5.91 Å². The second kappa shape index (κ2) is 7.99. The number of carbonyl (C=O) groups is 2. The smallest absolute Gasteiger partial charge is 0.283 e. The van der Waals surface area contributed by atoms with Gasteiger partial charge in [0.1, 0.15) is 6.54 Å². The molecule has 2 aromatic rings. The third kappa shape index (κ3) is 4.12. The van der Waals surface area contributed by atoms with Crippen LogP contribution in [0.1, 0.15) is 37.7 Å². The molecule has 0 bridgehead atoms. The fourth-order valence-electron chi connectivity index (χ4n) is 3.21. The van der Waals surface area contributed by atoms with Gasteiger partial charge >= 0.3 is 0 Å². The van der Waals surface area contributed by atoms with Crippen molar-refractivity contribution in [2.45, 2.75) is 39.0 Å². The number of hydrogen-bond donors (Lipinski definition) is 3. The number of rotatable bonds is 4. The first kappa shape index (κ1) is 18.6. The number of aromatic nitrogens is 1. The number of halogens is 1. The molecule has 0 unspecified atom stereocenters. The van der Waals surface area contributed by atoms with Crippen LogP contribution < -0.4 is 5.32 Å². The van der Waals surface area contributed by atoms with Gasteiger partial charge in [-0.2, -0.15) is 0 Å². The summed E-state index contributed by atoms with van der Waals surface area (Å²) in [4.78, 5) is 26.8. The van der Waals surface area contributed by atoms with Crippen molar-refractivity contribution in [1.29, 1.82) is 0 Å². The molecule has 1 aromatic heterocycles. The summed E-state index contributed by atoms with van der Waals surface area (Å²) >= 11 is 3.43. The van der Waals surface area contributed by atoms with Crippen LogP contribution in [0.25, 0.3) is 10.9 Å². The fourth-order valence-corrected chi connectivity index (χ4v) is 3.55. The van der Waals surface area contributed by atoms with E-state index in [-0.39, 0.29) is 29.9 Å². The predicted octanol–water partition coefficient (Wildman–Crippen LogP) is 4.25. The van der Waals surface area contributed by atoms with Crippen molar-refractivity contribution in [3.05, 3.63) is 22.2 Å². The molecule has 0 aliphatic heterocycles. The van der Waals surface area contributed by atoms with Crippen molar-refractivity contribution < 1.29 is 14.7 Å². The number of H-pyrrole nitrogens is 1. The monoisotopic (exact) mass is 420 g/mol. The Bertz CT molecular complexity index is 869. The molecule has 1 fully saturated rings. The number of nitrogens with zero attached hydrogens (tertiary/aromatic N) is 2. The first-order valence-electron chi connectivity index (χ1n) is 8.69. The number of amides is 2. The largest absolute Gasteiger partial charge is 0.493 e. The van der Waals surface area contributed by atoms with Crippen molar-refractivity contribution >= 4 is 44.3 Å². The van der Waals surface area contributed by atoms with E-state index in [1.807, 2.05) is 19.1 Å². The summed E-state index contributed by atoms with van der Waals surface area (Å²) in [7, 11) is 0. The standard InChI is InChI=1S/C18H21BrN4O3/c1-10-7-12-14(8-13(10)19)21-18(26)16(12)23-22-15(24)9-20-17(25)11-5-3-2-4-6-11/h7-8,11,21,26H,2-6,9H2,1H3,(H,20,25). The molecule has 1 aliphatic carbocycles. The SMILES string of the molecule is Cc1cc2c(N=NC(=O)CNC(=O)C3CCCCC3)c(O)[nH]c2cc1Br. The van der Waals surface area contributed by atoms with Gasteiger partial charge in [-0.05, 0) is 37.5 Å². The Labute approximate surface area is 159 Å². The molecular weight excluding hydrogens is 400 g/mol. The second-order valence-corrected chi connectivity index (χ2v) is 7.47. The molecule has 3 N–H and O–H groups in total. The van der Waals surface area contributed by atoms with E-state index < -0.39 is 5.91 Å². The van der Waals surface area contributed by atoms with Crippen LogP contribution in [0.5, 0.6) is 5.88 Å². The highest BCUT2D eigenvalue weighted by Gasteiger charge is 2.21. The van der Waals surface area contributed by atoms with Gasteiger partial charge in [0.2, 0.25) is 11.8 Å². The fraction of sp³-hybridized carbons (Fsp3) is 0.444. The zero-order valence-corrected chi connectivity index (χ0v) is 16.1. The van der Waals surface area contributed by atoms with Gasteiger partial charge in [-0.25, -0.2) is 0 Å². The van der Waals surface area contributed by atoms with Crippen LogP contribution in [-0.2, 0) is 9.59 Å². The van der Waals surface area contributed by atoms with Crippen LogP contribution in [0.15, 0.2) is 26.8 Å². The van der Waals surface area contributed by atoms with Gasteiger partial charge in [0, 0.05) is 15.8 Å². The molecule has 0 radical (unpaired) electrons. The topological polar surface area (TPSA) is 107 Å². The van der Waals surface area contributed by atoms with Gasteiger partial charge in [-0.15, -0.1) is 10.2 Å². The van der Waals surface area contributed by atoms with Crippen molar-refractivity contribution in [2.24, 2.45) is 16.1 Å². The second-order valence-electron chi connectivity index (χ2n) is 6.62. The van der Waals surface area contributed by atoms with Gasteiger partial charge in [0.05, 0.1) is 5.52 Å². The maximum atomic E-state index is 12.0. The molecule has 7 nitrogen and oxygen atoms in total. The van der Waals surface area contributed by atoms with Crippen LogP contribution in [0, 0.1) is 12.8 Å². The molecule has 26 heavy (non-hydrogen) atoms. The highest BCUT2D eigenvalue weighted by atomic mass is 79.9. The van der Waals surface area contributed by atoms with Crippen LogP contribution in [0.4, 0.5) is 5.69 Å². The van der Waals surface area contributed by atoms with E-state index in [0.29, 0.717) is 10.9 Å². The number of carbonyl (C=O) groups excluding carboxylic acids is 2. The molecule has 1 saturated carbocycles. The van der Waals surface area contributed by atoms with E-state index in [2.05, 4.69) is 36.5 Å². The number of aromatic hydroxyl groups is 1. The Morgan fingerprint density at radius 2 is 2.04 bits per heavy atom. The molecule has 138 valence electrons. The number of azo groups is 1. The molecule has 1 aromatic carbocycles. The minimum absolute atomic E-state index is 0.00688. The lowest BCUT2D eigenvalue weighted by atomic mass is 9.89. The lowest BCUT2D eigenvalue weighted by Crippen LogP contribution is -2.35. The van der Waals surface area contributed by atoms with Crippen LogP contribution >= 0.6 is 15.9 Å². The summed E-state index contributed by atoms with van der Waals surface area (Å²) in [5.74, 6) is -0.812. The number of aryl methyl sites for hydroxylation is 1. The summed E-state index contributed by atoms with van der Waals surface area (Å²) in [6, 6.07) is 3.68. The summed E-state index contributed by atoms with van der Waals surface area (Å²) < 4.78 is 0.899. The minimum atomic E-state index is -0.559. The zero-order valence-electron chi connectivity index (χ0n) is 14.5. The third-order valence-corrected chi connectivity index (χ3v) is 5.54.